The summed E-state index contributed by atoms with van der Waals surface area (Å²) in [5, 5.41) is 4.31. The molecule has 0 saturated carbocycles. The second-order valence-electron chi connectivity index (χ2n) is 7.42. The van der Waals surface area contributed by atoms with Crippen molar-refractivity contribution in [2.45, 2.75) is 26.2 Å². The molecule has 0 N–H and O–H groups in total. The summed E-state index contributed by atoms with van der Waals surface area (Å²) in [4.78, 5) is 17.3. The Hall–Kier alpha value is -2.14. The van der Waals surface area contributed by atoms with Crippen LogP contribution in [0.4, 0.5) is 0 Å². The van der Waals surface area contributed by atoms with Gasteiger partial charge in [-0.2, -0.15) is 5.10 Å². The third-order valence-electron chi connectivity index (χ3n) is 5.38. The summed E-state index contributed by atoms with van der Waals surface area (Å²) in [6, 6.07) is 7.78. The third-order valence-corrected chi connectivity index (χ3v) is 5.38. The molecule has 2 saturated heterocycles. The highest BCUT2D eigenvalue weighted by Crippen LogP contribution is 2.22. The zero-order chi connectivity index (χ0) is 17.2. The average molecular weight is 338 g/mol. The molecule has 2 fully saturated rings. The zero-order valence-corrected chi connectivity index (χ0v) is 14.9. The molecule has 1 atom stereocenters. The summed E-state index contributed by atoms with van der Waals surface area (Å²) in [5.74, 6) is 0.792. The number of hydrogen-bond donors (Lipinski definition) is 0. The molecule has 1 aromatic carbocycles. The van der Waals surface area contributed by atoms with Crippen LogP contribution in [-0.2, 0) is 0 Å². The van der Waals surface area contributed by atoms with Crippen LogP contribution in [-0.4, -0.2) is 58.2 Å². The Balaban J connectivity index is 1.37. The van der Waals surface area contributed by atoms with Gasteiger partial charge in [-0.1, -0.05) is 0 Å². The van der Waals surface area contributed by atoms with Gasteiger partial charge in [0.05, 0.1) is 11.9 Å². The van der Waals surface area contributed by atoms with Crippen molar-refractivity contribution >= 4 is 5.91 Å². The van der Waals surface area contributed by atoms with Gasteiger partial charge >= 0.3 is 0 Å². The van der Waals surface area contributed by atoms with E-state index in [2.05, 4.69) is 10.00 Å². The average Bonchev–Trinajstić information content (AvgIpc) is 3.37. The van der Waals surface area contributed by atoms with Gasteiger partial charge in [0, 0.05) is 31.4 Å². The number of nitrogens with zero attached hydrogens (tertiary/aromatic N) is 4. The highest BCUT2D eigenvalue weighted by molar-refractivity contribution is 5.94. The van der Waals surface area contributed by atoms with Crippen molar-refractivity contribution in [2.75, 3.05) is 32.7 Å². The van der Waals surface area contributed by atoms with Gasteiger partial charge in [-0.3, -0.25) is 4.79 Å². The summed E-state index contributed by atoms with van der Waals surface area (Å²) in [6.07, 6.45) is 7.62. The van der Waals surface area contributed by atoms with E-state index in [9.17, 15) is 4.79 Å². The molecule has 0 bridgehead atoms. The van der Waals surface area contributed by atoms with Crippen LogP contribution in [0.5, 0.6) is 0 Å². The van der Waals surface area contributed by atoms with Crippen molar-refractivity contribution in [2.24, 2.45) is 5.92 Å². The lowest BCUT2D eigenvalue weighted by atomic mass is 10.1. The van der Waals surface area contributed by atoms with E-state index in [0.29, 0.717) is 5.92 Å². The fourth-order valence-electron chi connectivity index (χ4n) is 3.99. The first-order valence-electron chi connectivity index (χ1n) is 9.32. The maximum absolute atomic E-state index is 12.8. The molecule has 4 rings (SSSR count). The topological polar surface area (TPSA) is 41.4 Å². The molecule has 1 amide bonds. The molecule has 0 unspecified atom stereocenters. The van der Waals surface area contributed by atoms with Crippen molar-refractivity contribution in [3.05, 3.63) is 47.8 Å². The smallest absolute Gasteiger partial charge is 0.253 e. The van der Waals surface area contributed by atoms with Crippen LogP contribution in [0.15, 0.2) is 36.7 Å². The third kappa shape index (κ3) is 3.61. The fraction of sp³-hybridized carbons (Fsp3) is 0.500. The van der Waals surface area contributed by atoms with E-state index in [4.69, 9.17) is 0 Å². The predicted molar refractivity (Wildman–Crippen MR) is 98.0 cm³/mol. The quantitative estimate of drug-likeness (QED) is 0.861. The molecule has 0 aliphatic carbocycles. The Morgan fingerprint density at radius 2 is 1.92 bits per heavy atom. The van der Waals surface area contributed by atoms with Gasteiger partial charge < -0.3 is 9.80 Å². The first kappa shape index (κ1) is 16.3. The molecule has 132 valence electrons. The normalized spacial score (nSPS) is 21.2. The fourth-order valence-corrected chi connectivity index (χ4v) is 3.99. The molecular weight excluding hydrogens is 312 g/mol. The Morgan fingerprint density at radius 3 is 2.60 bits per heavy atom. The minimum absolute atomic E-state index is 0.159. The summed E-state index contributed by atoms with van der Waals surface area (Å²) in [7, 11) is 0. The monoisotopic (exact) mass is 338 g/mol. The number of benzene rings is 1. The number of likely N-dealkylation sites (tertiary alicyclic amines) is 2. The van der Waals surface area contributed by atoms with Gasteiger partial charge in [-0.15, -0.1) is 0 Å². The molecule has 1 aromatic heterocycles. The molecule has 2 aliphatic heterocycles. The van der Waals surface area contributed by atoms with E-state index in [1.165, 1.54) is 25.9 Å². The van der Waals surface area contributed by atoms with E-state index in [0.717, 1.165) is 42.9 Å². The first-order chi connectivity index (χ1) is 12.2. The van der Waals surface area contributed by atoms with Gasteiger partial charge in [0.2, 0.25) is 0 Å². The Kier molecular flexibility index (Phi) is 4.57. The van der Waals surface area contributed by atoms with Crippen LogP contribution in [0.1, 0.15) is 35.2 Å². The molecule has 5 nitrogen and oxygen atoms in total. The van der Waals surface area contributed by atoms with Crippen LogP contribution in [0.25, 0.3) is 5.69 Å². The van der Waals surface area contributed by atoms with Gasteiger partial charge in [0.1, 0.15) is 0 Å². The number of aromatic nitrogens is 2. The Bertz CT molecular complexity index is 730. The van der Waals surface area contributed by atoms with Crippen LogP contribution in [0.2, 0.25) is 0 Å². The van der Waals surface area contributed by atoms with Gasteiger partial charge in [-0.25, -0.2) is 4.68 Å². The van der Waals surface area contributed by atoms with Gasteiger partial charge in [-0.05, 0) is 75.0 Å². The second-order valence-corrected chi connectivity index (χ2v) is 7.42. The molecule has 5 heteroatoms. The van der Waals surface area contributed by atoms with E-state index in [1.54, 1.807) is 0 Å². The number of carbonyl (C=O) groups excluding carboxylic acids is 1. The van der Waals surface area contributed by atoms with Crippen LogP contribution < -0.4 is 0 Å². The summed E-state index contributed by atoms with van der Waals surface area (Å²) < 4.78 is 1.84. The maximum atomic E-state index is 12.8. The second kappa shape index (κ2) is 7.00. The number of amides is 1. The molecule has 3 heterocycles. The van der Waals surface area contributed by atoms with E-state index < -0.39 is 0 Å². The van der Waals surface area contributed by atoms with Crippen molar-refractivity contribution in [3.63, 3.8) is 0 Å². The van der Waals surface area contributed by atoms with Gasteiger partial charge in [0.25, 0.3) is 5.91 Å². The predicted octanol–water partition coefficient (Wildman–Crippen LogP) is 2.74. The minimum atomic E-state index is 0.159. The summed E-state index contributed by atoms with van der Waals surface area (Å²) in [6.45, 7) is 7.43. The Labute approximate surface area is 149 Å². The van der Waals surface area contributed by atoms with Crippen LogP contribution >= 0.6 is 0 Å². The molecule has 2 aliphatic rings. The zero-order valence-electron chi connectivity index (χ0n) is 14.9. The molecule has 2 aromatic rings. The largest absolute Gasteiger partial charge is 0.338 e. The van der Waals surface area contributed by atoms with Gasteiger partial charge in [0.15, 0.2) is 0 Å². The maximum Gasteiger partial charge on any atom is 0.253 e. The number of hydrogen-bond acceptors (Lipinski definition) is 3. The first-order valence-corrected chi connectivity index (χ1v) is 9.32. The Morgan fingerprint density at radius 1 is 1.16 bits per heavy atom. The molecule has 0 radical (unpaired) electrons. The van der Waals surface area contributed by atoms with Crippen molar-refractivity contribution in [1.82, 2.24) is 19.6 Å². The van der Waals surface area contributed by atoms with Crippen molar-refractivity contribution in [3.8, 4) is 5.69 Å². The van der Waals surface area contributed by atoms with Crippen LogP contribution in [0.3, 0.4) is 0 Å². The van der Waals surface area contributed by atoms with Crippen molar-refractivity contribution < 1.29 is 4.79 Å². The minimum Gasteiger partial charge on any atom is -0.338 e. The van der Waals surface area contributed by atoms with Crippen molar-refractivity contribution in [1.29, 1.82) is 0 Å². The van der Waals surface area contributed by atoms with E-state index in [-0.39, 0.29) is 5.91 Å². The lowest BCUT2D eigenvalue weighted by Gasteiger charge is -2.20. The number of aryl methyl sites for hydroxylation is 1. The lowest BCUT2D eigenvalue weighted by Crippen LogP contribution is -2.32. The SMILES string of the molecule is Cc1cnn(-c2ccc(C(=O)N3CC[C@@H](CN4CCCC4)C3)cc2)c1. The lowest BCUT2D eigenvalue weighted by molar-refractivity contribution is 0.0784. The number of carbonyl (C=O) groups is 1. The van der Waals surface area contributed by atoms with E-state index in [1.807, 2.05) is 53.2 Å². The summed E-state index contributed by atoms with van der Waals surface area (Å²) in [5.41, 5.74) is 2.88. The molecule has 25 heavy (non-hydrogen) atoms. The van der Waals surface area contributed by atoms with E-state index >= 15 is 0 Å². The summed E-state index contributed by atoms with van der Waals surface area (Å²) >= 11 is 0. The molecule has 0 spiro atoms. The highest BCUT2D eigenvalue weighted by atomic mass is 16.2. The van der Waals surface area contributed by atoms with Crippen LogP contribution in [0, 0.1) is 12.8 Å². The standard InChI is InChI=1S/C20H26N4O/c1-16-12-21-24(13-16)19-6-4-18(5-7-19)20(25)23-11-8-17(15-23)14-22-9-2-3-10-22/h4-7,12-13,17H,2-3,8-11,14-15H2,1H3/t17-/m0/s1. The molecular formula is C20H26N4O. The number of rotatable bonds is 4. The highest BCUT2D eigenvalue weighted by Gasteiger charge is 2.28.